The van der Waals surface area contributed by atoms with Crippen molar-refractivity contribution in [2.45, 2.75) is 25.9 Å². The molecule has 0 amide bonds. The predicted molar refractivity (Wildman–Crippen MR) is 80.4 cm³/mol. The molecule has 1 atom stereocenters. The second kappa shape index (κ2) is 7.08. The summed E-state index contributed by atoms with van der Waals surface area (Å²) in [5.74, 6) is 2.27. The van der Waals surface area contributed by atoms with Crippen LogP contribution in [0.1, 0.15) is 30.8 Å². The number of nitrogens with zero attached hydrogens (tertiary/aromatic N) is 3. The molecule has 0 aliphatic carbocycles. The zero-order chi connectivity index (χ0) is 15.2. The van der Waals surface area contributed by atoms with Crippen molar-refractivity contribution in [3.05, 3.63) is 35.9 Å². The van der Waals surface area contributed by atoms with E-state index in [2.05, 4.69) is 22.3 Å². The van der Waals surface area contributed by atoms with Crippen molar-refractivity contribution in [3.8, 4) is 11.5 Å². The van der Waals surface area contributed by atoms with Gasteiger partial charge in [0.25, 0.3) is 0 Å². The molecule has 114 valence electrons. The van der Waals surface area contributed by atoms with E-state index < -0.39 is 0 Å². The molecule has 0 bridgehead atoms. The lowest BCUT2D eigenvalue weighted by Crippen LogP contribution is -2.21. The smallest absolute Gasteiger partial charge is 0.164 e. The standard InChI is InChI=1S/C15H22N4O2/c1-5-12(16-9-15-17-10-19(2)18-15)11-6-7-13(20-3)14(8-11)21-4/h6-8,10,12,16H,5,9H2,1-4H3. The van der Waals surface area contributed by atoms with Crippen LogP contribution >= 0.6 is 0 Å². The molecule has 2 rings (SSSR count). The molecule has 0 saturated carbocycles. The van der Waals surface area contributed by atoms with Crippen LogP contribution in [0.5, 0.6) is 11.5 Å². The van der Waals surface area contributed by atoms with Gasteiger partial charge < -0.3 is 14.8 Å². The van der Waals surface area contributed by atoms with Crippen molar-refractivity contribution in [1.82, 2.24) is 20.1 Å². The summed E-state index contributed by atoms with van der Waals surface area (Å²) in [5.41, 5.74) is 1.16. The highest BCUT2D eigenvalue weighted by atomic mass is 16.5. The molecule has 6 heteroatoms. The Morgan fingerprint density at radius 2 is 2.00 bits per heavy atom. The van der Waals surface area contributed by atoms with Crippen LogP contribution in [0.25, 0.3) is 0 Å². The minimum atomic E-state index is 0.216. The zero-order valence-corrected chi connectivity index (χ0v) is 13.0. The van der Waals surface area contributed by atoms with Gasteiger partial charge in [-0.15, -0.1) is 0 Å². The van der Waals surface area contributed by atoms with Gasteiger partial charge in [-0.3, -0.25) is 4.68 Å². The molecule has 2 aromatic rings. The fourth-order valence-electron chi connectivity index (χ4n) is 2.25. The molecule has 1 aromatic heterocycles. The summed E-state index contributed by atoms with van der Waals surface area (Å²) in [5, 5.41) is 7.74. The molecule has 0 spiro atoms. The average molecular weight is 290 g/mol. The summed E-state index contributed by atoms with van der Waals surface area (Å²) in [6.45, 7) is 2.77. The fourth-order valence-corrected chi connectivity index (χ4v) is 2.25. The number of aromatic nitrogens is 3. The number of benzene rings is 1. The van der Waals surface area contributed by atoms with Gasteiger partial charge in [-0.25, -0.2) is 4.98 Å². The summed E-state index contributed by atoms with van der Waals surface area (Å²) in [6, 6.07) is 6.20. The van der Waals surface area contributed by atoms with Crippen LogP contribution in [0, 0.1) is 0 Å². The molecule has 0 aliphatic rings. The van der Waals surface area contributed by atoms with Crippen LogP contribution in [-0.2, 0) is 13.6 Å². The summed E-state index contributed by atoms with van der Waals surface area (Å²) < 4.78 is 12.3. The van der Waals surface area contributed by atoms with Gasteiger partial charge >= 0.3 is 0 Å². The van der Waals surface area contributed by atoms with Gasteiger partial charge in [-0.2, -0.15) is 5.10 Å². The maximum Gasteiger partial charge on any atom is 0.164 e. The summed E-state index contributed by atoms with van der Waals surface area (Å²) in [7, 11) is 5.15. The Morgan fingerprint density at radius 3 is 2.57 bits per heavy atom. The highest BCUT2D eigenvalue weighted by molar-refractivity contribution is 5.43. The molecule has 1 unspecified atom stereocenters. The first-order chi connectivity index (χ1) is 10.2. The van der Waals surface area contributed by atoms with Gasteiger partial charge in [0, 0.05) is 13.1 Å². The molecule has 1 heterocycles. The quantitative estimate of drug-likeness (QED) is 0.846. The van der Waals surface area contributed by atoms with Crippen molar-refractivity contribution in [3.63, 3.8) is 0 Å². The van der Waals surface area contributed by atoms with Gasteiger partial charge in [0.2, 0.25) is 0 Å². The number of aryl methyl sites for hydroxylation is 1. The Labute approximate surface area is 125 Å². The van der Waals surface area contributed by atoms with Crippen molar-refractivity contribution in [2.75, 3.05) is 14.2 Å². The Hall–Kier alpha value is -2.08. The Balaban J connectivity index is 2.09. The van der Waals surface area contributed by atoms with Gasteiger partial charge in [0.1, 0.15) is 6.33 Å². The zero-order valence-electron chi connectivity index (χ0n) is 13.0. The maximum absolute atomic E-state index is 5.36. The second-order valence-electron chi connectivity index (χ2n) is 4.79. The van der Waals surface area contributed by atoms with Crippen molar-refractivity contribution >= 4 is 0 Å². The first-order valence-corrected chi connectivity index (χ1v) is 6.97. The highest BCUT2D eigenvalue weighted by Gasteiger charge is 2.13. The van der Waals surface area contributed by atoms with Crippen molar-refractivity contribution in [1.29, 1.82) is 0 Å². The summed E-state index contributed by atoms with van der Waals surface area (Å²) in [4.78, 5) is 4.22. The molecular formula is C15H22N4O2. The molecular weight excluding hydrogens is 268 g/mol. The van der Waals surface area contributed by atoms with E-state index in [0.717, 1.165) is 29.3 Å². The maximum atomic E-state index is 5.36. The third-order valence-corrected chi connectivity index (χ3v) is 3.37. The van der Waals surface area contributed by atoms with Crippen LogP contribution in [0.4, 0.5) is 0 Å². The number of nitrogens with one attached hydrogen (secondary N) is 1. The minimum Gasteiger partial charge on any atom is -0.493 e. The van der Waals surface area contributed by atoms with E-state index >= 15 is 0 Å². The van der Waals surface area contributed by atoms with E-state index in [-0.39, 0.29) is 6.04 Å². The Kier molecular flexibility index (Phi) is 5.16. The normalized spacial score (nSPS) is 12.2. The van der Waals surface area contributed by atoms with Crippen molar-refractivity contribution in [2.24, 2.45) is 7.05 Å². The highest BCUT2D eigenvalue weighted by Crippen LogP contribution is 2.30. The molecule has 1 aromatic carbocycles. The van der Waals surface area contributed by atoms with Crippen LogP contribution in [0.3, 0.4) is 0 Å². The number of rotatable bonds is 7. The third-order valence-electron chi connectivity index (χ3n) is 3.37. The van der Waals surface area contributed by atoms with E-state index in [9.17, 15) is 0 Å². The van der Waals surface area contributed by atoms with E-state index in [1.165, 1.54) is 0 Å². The molecule has 6 nitrogen and oxygen atoms in total. The number of ether oxygens (including phenoxy) is 2. The molecule has 0 fully saturated rings. The van der Waals surface area contributed by atoms with E-state index in [1.807, 2.05) is 25.2 Å². The third kappa shape index (κ3) is 3.72. The summed E-state index contributed by atoms with van der Waals surface area (Å²) >= 11 is 0. The SMILES string of the molecule is CCC(NCc1ncn(C)n1)c1ccc(OC)c(OC)c1. The van der Waals surface area contributed by atoms with Crippen LogP contribution in [0.15, 0.2) is 24.5 Å². The Morgan fingerprint density at radius 1 is 1.24 bits per heavy atom. The van der Waals surface area contributed by atoms with Crippen LogP contribution in [-0.4, -0.2) is 29.0 Å². The lowest BCUT2D eigenvalue weighted by molar-refractivity contribution is 0.353. The second-order valence-corrected chi connectivity index (χ2v) is 4.79. The predicted octanol–water partition coefficient (Wildman–Crippen LogP) is 2.07. The number of hydrogen-bond acceptors (Lipinski definition) is 5. The molecule has 0 aliphatic heterocycles. The lowest BCUT2D eigenvalue weighted by atomic mass is 10.0. The Bertz CT molecular complexity index is 583. The van der Waals surface area contributed by atoms with Crippen LogP contribution < -0.4 is 14.8 Å². The van der Waals surface area contributed by atoms with Gasteiger partial charge in [0.05, 0.1) is 20.8 Å². The molecule has 0 radical (unpaired) electrons. The first kappa shape index (κ1) is 15.3. The average Bonchev–Trinajstić information content (AvgIpc) is 2.93. The van der Waals surface area contributed by atoms with Crippen molar-refractivity contribution < 1.29 is 9.47 Å². The van der Waals surface area contributed by atoms with E-state index in [1.54, 1.807) is 25.2 Å². The van der Waals surface area contributed by atoms with Gasteiger partial charge in [0.15, 0.2) is 17.3 Å². The van der Waals surface area contributed by atoms with E-state index in [4.69, 9.17) is 9.47 Å². The molecule has 1 N–H and O–H groups in total. The summed E-state index contributed by atoms with van der Waals surface area (Å²) in [6.07, 6.45) is 2.66. The van der Waals surface area contributed by atoms with Gasteiger partial charge in [-0.1, -0.05) is 13.0 Å². The fraction of sp³-hybridized carbons (Fsp3) is 0.467. The van der Waals surface area contributed by atoms with Crippen LogP contribution in [0.2, 0.25) is 0 Å². The topological polar surface area (TPSA) is 61.2 Å². The minimum absolute atomic E-state index is 0.216. The number of hydrogen-bond donors (Lipinski definition) is 1. The van der Waals surface area contributed by atoms with Gasteiger partial charge in [-0.05, 0) is 24.1 Å². The molecule has 21 heavy (non-hydrogen) atoms. The number of methoxy groups -OCH3 is 2. The first-order valence-electron chi connectivity index (χ1n) is 6.97. The lowest BCUT2D eigenvalue weighted by Gasteiger charge is -2.18. The monoisotopic (exact) mass is 290 g/mol. The largest absolute Gasteiger partial charge is 0.493 e. The van der Waals surface area contributed by atoms with E-state index in [0.29, 0.717) is 6.54 Å². The molecule has 0 saturated heterocycles.